The summed E-state index contributed by atoms with van der Waals surface area (Å²) in [6.07, 6.45) is 11.0. The van der Waals surface area contributed by atoms with Gasteiger partial charge < -0.3 is 4.74 Å². The molecule has 1 aliphatic rings. The molecular formula is C14H18O. The van der Waals surface area contributed by atoms with Gasteiger partial charge in [-0.1, -0.05) is 30.7 Å². The summed E-state index contributed by atoms with van der Waals surface area (Å²) in [5.41, 5.74) is 0. The van der Waals surface area contributed by atoms with Gasteiger partial charge in [0.15, 0.2) is 0 Å². The Bertz CT molecular complexity index is 302. The van der Waals surface area contributed by atoms with Gasteiger partial charge in [-0.3, -0.25) is 0 Å². The van der Waals surface area contributed by atoms with Crippen LogP contribution in [-0.2, 0) is 0 Å². The monoisotopic (exact) mass is 202 g/mol. The molecule has 0 N–H and O–H groups in total. The summed E-state index contributed by atoms with van der Waals surface area (Å²) < 4.78 is 5.90. The lowest BCUT2D eigenvalue weighted by molar-refractivity contribution is 0.231. The van der Waals surface area contributed by atoms with Gasteiger partial charge >= 0.3 is 0 Å². The number of rotatable bonds is 2. The fourth-order valence-corrected chi connectivity index (χ4v) is 1.90. The van der Waals surface area contributed by atoms with E-state index in [9.17, 15) is 0 Å². The second-order valence-electron chi connectivity index (χ2n) is 4.04. The van der Waals surface area contributed by atoms with E-state index in [1.54, 1.807) is 0 Å². The number of hydrogen-bond donors (Lipinski definition) is 0. The minimum Gasteiger partial charge on any atom is -0.486 e. The van der Waals surface area contributed by atoms with Crippen molar-refractivity contribution in [1.82, 2.24) is 0 Å². The van der Waals surface area contributed by atoms with Crippen molar-refractivity contribution in [3.05, 3.63) is 42.5 Å². The lowest BCUT2D eigenvalue weighted by Gasteiger charge is -2.17. The Morgan fingerprint density at radius 2 is 1.87 bits per heavy atom. The summed E-state index contributed by atoms with van der Waals surface area (Å²) in [6, 6.07) is 10.1. The summed E-state index contributed by atoms with van der Waals surface area (Å²) in [5.74, 6) is 0.979. The second-order valence-corrected chi connectivity index (χ2v) is 4.04. The largest absolute Gasteiger partial charge is 0.486 e. The summed E-state index contributed by atoms with van der Waals surface area (Å²) in [4.78, 5) is 0. The van der Waals surface area contributed by atoms with Crippen molar-refractivity contribution in [3.63, 3.8) is 0 Å². The van der Waals surface area contributed by atoms with Crippen LogP contribution in [0.4, 0.5) is 0 Å². The van der Waals surface area contributed by atoms with Crippen molar-refractivity contribution >= 4 is 0 Å². The average Bonchev–Trinajstić information content (AvgIpc) is 2.23. The van der Waals surface area contributed by atoms with Gasteiger partial charge in [0.2, 0.25) is 0 Å². The first kappa shape index (κ1) is 10.3. The zero-order valence-electron chi connectivity index (χ0n) is 9.06. The molecule has 2 rings (SSSR count). The Morgan fingerprint density at radius 3 is 2.73 bits per heavy atom. The standard InChI is InChI=1S/C14H18O/c1-2-5-9-13(10-6-3-1)15-14-11-7-4-8-12-14/h4-5,7-9,11-13H,1-3,6,10H2/b9-5+. The first-order valence-electron chi connectivity index (χ1n) is 5.83. The summed E-state index contributed by atoms with van der Waals surface area (Å²) in [6.45, 7) is 0. The van der Waals surface area contributed by atoms with E-state index in [4.69, 9.17) is 4.74 Å². The van der Waals surface area contributed by atoms with E-state index in [1.165, 1.54) is 25.7 Å². The molecule has 80 valence electrons. The molecule has 0 aromatic heterocycles. The molecule has 0 radical (unpaired) electrons. The zero-order chi connectivity index (χ0) is 10.3. The summed E-state index contributed by atoms with van der Waals surface area (Å²) in [5, 5.41) is 0. The Morgan fingerprint density at radius 1 is 1.00 bits per heavy atom. The highest BCUT2D eigenvalue weighted by molar-refractivity contribution is 5.21. The molecule has 0 amide bonds. The van der Waals surface area contributed by atoms with Gasteiger partial charge in [-0.25, -0.2) is 0 Å². The lowest BCUT2D eigenvalue weighted by Crippen LogP contribution is -2.14. The van der Waals surface area contributed by atoms with E-state index in [-0.39, 0.29) is 6.10 Å². The van der Waals surface area contributed by atoms with Crippen molar-refractivity contribution in [2.24, 2.45) is 0 Å². The molecule has 0 heterocycles. The molecule has 1 nitrogen and oxygen atoms in total. The highest BCUT2D eigenvalue weighted by Crippen LogP contribution is 2.18. The molecule has 1 aromatic rings. The minimum atomic E-state index is 0.271. The van der Waals surface area contributed by atoms with Crippen LogP contribution >= 0.6 is 0 Å². The van der Waals surface area contributed by atoms with Crippen molar-refractivity contribution in [2.45, 2.75) is 38.2 Å². The van der Waals surface area contributed by atoms with Crippen LogP contribution in [-0.4, -0.2) is 6.10 Å². The van der Waals surface area contributed by atoms with E-state index in [0.717, 1.165) is 12.2 Å². The van der Waals surface area contributed by atoms with Crippen LogP contribution in [0.1, 0.15) is 32.1 Å². The van der Waals surface area contributed by atoms with E-state index in [1.807, 2.05) is 30.3 Å². The van der Waals surface area contributed by atoms with Crippen LogP contribution in [0.5, 0.6) is 5.75 Å². The molecular weight excluding hydrogens is 184 g/mol. The van der Waals surface area contributed by atoms with Crippen molar-refractivity contribution in [3.8, 4) is 5.75 Å². The smallest absolute Gasteiger partial charge is 0.120 e. The van der Waals surface area contributed by atoms with Gasteiger partial charge in [-0.05, 0) is 43.9 Å². The fraction of sp³-hybridized carbons (Fsp3) is 0.429. The van der Waals surface area contributed by atoms with E-state index >= 15 is 0 Å². The molecule has 0 bridgehead atoms. The molecule has 1 heteroatoms. The predicted octanol–water partition coefficient (Wildman–Crippen LogP) is 3.95. The average molecular weight is 202 g/mol. The molecule has 0 aliphatic heterocycles. The molecule has 0 spiro atoms. The zero-order valence-corrected chi connectivity index (χ0v) is 9.06. The number of hydrogen-bond acceptors (Lipinski definition) is 1. The van der Waals surface area contributed by atoms with E-state index in [0.29, 0.717) is 0 Å². The maximum Gasteiger partial charge on any atom is 0.120 e. The van der Waals surface area contributed by atoms with E-state index in [2.05, 4.69) is 12.2 Å². The Kier molecular flexibility index (Phi) is 3.84. The van der Waals surface area contributed by atoms with Gasteiger partial charge in [0.05, 0.1) is 0 Å². The third kappa shape index (κ3) is 3.43. The highest BCUT2D eigenvalue weighted by atomic mass is 16.5. The molecule has 0 saturated heterocycles. The minimum absolute atomic E-state index is 0.271. The van der Waals surface area contributed by atoms with Crippen LogP contribution < -0.4 is 4.74 Å². The molecule has 1 aromatic carbocycles. The maximum atomic E-state index is 5.90. The number of ether oxygens (including phenoxy) is 1. The fourth-order valence-electron chi connectivity index (χ4n) is 1.90. The highest BCUT2D eigenvalue weighted by Gasteiger charge is 2.07. The first-order valence-corrected chi connectivity index (χ1v) is 5.83. The number of allylic oxidation sites excluding steroid dienone is 1. The van der Waals surface area contributed by atoms with Crippen LogP contribution in [0, 0.1) is 0 Å². The summed E-state index contributed by atoms with van der Waals surface area (Å²) in [7, 11) is 0. The predicted molar refractivity (Wildman–Crippen MR) is 63.1 cm³/mol. The van der Waals surface area contributed by atoms with Crippen molar-refractivity contribution in [2.75, 3.05) is 0 Å². The molecule has 0 saturated carbocycles. The first-order chi connectivity index (χ1) is 7.45. The summed E-state index contributed by atoms with van der Waals surface area (Å²) >= 11 is 0. The Balaban J connectivity index is 1.95. The maximum absolute atomic E-state index is 5.90. The SMILES string of the molecule is C1=C/C(Oc2ccccc2)CCCCC/1. The number of benzene rings is 1. The molecule has 1 unspecified atom stereocenters. The van der Waals surface area contributed by atoms with Gasteiger partial charge in [0.25, 0.3) is 0 Å². The third-order valence-electron chi connectivity index (χ3n) is 2.74. The van der Waals surface area contributed by atoms with Crippen LogP contribution in [0.25, 0.3) is 0 Å². The topological polar surface area (TPSA) is 9.23 Å². The van der Waals surface area contributed by atoms with Gasteiger partial charge in [0, 0.05) is 0 Å². The quantitative estimate of drug-likeness (QED) is 0.660. The van der Waals surface area contributed by atoms with Gasteiger partial charge in [-0.2, -0.15) is 0 Å². The van der Waals surface area contributed by atoms with Gasteiger partial charge in [0.1, 0.15) is 11.9 Å². The molecule has 1 aliphatic carbocycles. The molecule has 15 heavy (non-hydrogen) atoms. The third-order valence-corrected chi connectivity index (χ3v) is 2.74. The van der Waals surface area contributed by atoms with E-state index < -0.39 is 0 Å². The second kappa shape index (κ2) is 5.59. The number of para-hydroxylation sites is 1. The Labute approximate surface area is 91.8 Å². The molecule has 1 atom stereocenters. The van der Waals surface area contributed by atoms with Crippen LogP contribution in [0.3, 0.4) is 0 Å². The van der Waals surface area contributed by atoms with Crippen LogP contribution in [0.2, 0.25) is 0 Å². The lowest BCUT2D eigenvalue weighted by atomic mass is 10.0. The Hall–Kier alpha value is -1.24. The molecule has 0 fully saturated rings. The normalized spacial score (nSPS) is 23.9. The van der Waals surface area contributed by atoms with Gasteiger partial charge in [-0.15, -0.1) is 0 Å². The van der Waals surface area contributed by atoms with Crippen molar-refractivity contribution < 1.29 is 4.74 Å². The van der Waals surface area contributed by atoms with Crippen LogP contribution in [0.15, 0.2) is 42.5 Å². The van der Waals surface area contributed by atoms with Crippen molar-refractivity contribution in [1.29, 1.82) is 0 Å².